The average Bonchev–Trinajstić information content (AvgIpc) is 2.89. The van der Waals surface area contributed by atoms with Crippen molar-refractivity contribution >= 4 is 0 Å². The molecule has 1 aliphatic rings. The second-order valence-electron chi connectivity index (χ2n) is 5.44. The van der Waals surface area contributed by atoms with Crippen LogP contribution < -0.4 is 5.32 Å². The van der Waals surface area contributed by atoms with E-state index in [9.17, 15) is 0 Å². The summed E-state index contributed by atoms with van der Waals surface area (Å²) in [7, 11) is 2.23. The SMILES string of the molecule is CN1CCC(CCNCCCn2ccnc2)CC1. The third-order valence-electron chi connectivity index (χ3n) is 3.90. The number of nitrogens with one attached hydrogen (secondary N) is 1. The molecule has 0 radical (unpaired) electrons. The number of nitrogens with zero attached hydrogens (tertiary/aromatic N) is 3. The molecule has 1 aromatic heterocycles. The lowest BCUT2D eigenvalue weighted by atomic mass is 9.94. The molecule has 2 rings (SSSR count). The van der Waals surface area contributed by atoms with Crippen LogP contribution in [0.1, 0.15) is 25.7 Å². The largest absolute Gasteiger partial charge is 0.337 e. The summed E-state index contributed by atoms with van der Waals surface area (Å²) in [5.41, 5.74) is 0. The summed E-state index contributed by atoms with van der Waals surface area (Å²) >= 11 is 0. The maximum absolute atomic E-state index is 4.04. The molecule has 1 fully saturated rings. The molecule has 4 heteroatoms. The molecule has 2 heterocycles. The fourth-order valence-corrected chi connectivity index (χ4v) is 2.59. The molecule has 1 aliphatic heterocycles. The van der Waals surface area contributed by atoms with Gasteiger partial charge >= 0.3 is 0 Å². The summed E-state index contributed by atoms with van der Waals surface area (Å²) in [4.78, 5) is 6.48. The van der Waals surface area contributed by atoms with Crippen molar-refractivity contribution in [3.8, 4) is 0 Å². The highest BCUT2D eigenvalue weighted by molar-refractivity contribution is 4.74. The molecule has 4 nitrogen and oxygen atoms in total. The van der Waals surface area contributed by atoms with E-state index >= 15 is 0 Å². The Hall–Kier alpha value is -0.870. The Morgan fingerprint density at radius 3 is 2.83 bits per heavy atom. The van der Waals surface area contributed by atoms with Gasteiger partial charge in [0.25, 0.3) is 0 Å². The summed E-state index contributed by atoms with van der Waals surface area (Å²) < 4.78 is 2.14. The molecular weight excluding hydrogens is 224 g/mol. The van der Waals surface area contributed by atoms with E-state index in [4.69, 9.17) is 0 Å². The zero-order valence-electron chi connectivity index (χ0n) is 11.5. The van der Waals surface area contributed by atoms with Crippen molar-refractivity contribution < 1.29 is 0 Å². The molecule has 1 aromatic rings. The number of hydrogen-bond donors (Lipinski definition) is 1. The number of aryl methyl sites for hydroxylation is 1. The van der Waals surface area contributed by atoms with Crippen LogP contribution >= 0.6 is 0 Å². The number of likely N-dealkylation sites (tertiary alicyclic amines) is 1. The molecular formula is C14H26N4. The summed E-state index contributed by atoms with van der Waals surface area (Å²) in [6, 6.07) is 0. The van der Waals surface area contributed by atoms with Crippen molar-refractivity contribution in [2.45, 2.75) is 32.2 Å². The molecule has 0 saturated carbocycles. The minimum Gasteiger partial charge on any atom is -0.337 e. The van der Waals surface area contributed by atoms with Crippen LogP contribution in [0.4, 0.5) is 0 Å². The van der Waals surface area contributed by atoms with Crippen molar-refractivity contribution in [3.63, 3.8) is 0 Å². The second kappa shape index (κ2) is 7.54. The van der Waals surface area contributed by atoms with E-state index in [1.54, 1.807) is 0 Å². The smallest absolute Gasteiger partial charge is 0.0945 e. The Balaban J connectivity index is 1.44. The van der Waals surface area contributed by atoms with Crippen molar-refractivity contribution in [1.82, 2.24) is 19.8 Å². The van der Waals surface area contributed by atoms with Gasteiger partial charge in [-0.1, -0.05) is 0 Å². The minimum atomic E-state index is 0.947. The number of rotatable bonds is 7. The molecule has 0 aromatic carbocycles. The van der Waals surface area contributed by atoms with Gasteiger partial charge in [-0.15, -0.1) is 0 Å². The van der Waals surface area contributed by atoms with Crippen LogP contribution in [0.2, 0.25) is 0 Å². The van der Waals surface area contributed by atoms with E-state index < -0.39 is 0 Å². The monoisotopic (exact) mass is 250 g/mol. The highest BCUT2D eigenvalue weighted by Gasteiger charge is 2.15. The van der Waals surface area contributed by atoms with Gasteiger partial charge in [-0.25, -0.2) is 4.98 Å². The van der Waals surface area contributed by atoms with Gasteiger partial charge in [0.1, 0.15) is 0 Å². The number of aromatic nitrogens is 2. The van der Waals surface area contributed by atoms with E-state index in [-0.39, 0.29) is 0 Å². The van der Waals surface area contributed by atoms with E-state index in [1.807, 2.05) is 18.7 Å². The van der Waals surface area contributed by atoms with E-state index in [1.165, 1.54) is 45.3 Å². The van der Waals surface area contributed by atoms with Gasteiger partial charge in [0.2, 0.25) is 0 Å². The predicted octanol–water partition coefficient (Wildman–Crippen LogP) is 1.59. The topological polar surface area (TPSA) is 33.1 Å². The predicted molar refractivity (Wildman–Crippen MR) is 74.6 cm³/mol. The molecule has 0 amide bonds. The molecule has 0 atom stereocenters. The fraction of sp³-hybridized carbons (Fsp3) is 0.786. The molecule has 0 bridgehead atoms. The van der Waals surface area contributed by atoms with Crippen LogP contribution in [0, 0.1) is 5.92 Å². The van der Waals surface area contributed by atoms with Crippen LogP contribution in [0.5, 0.6) is 0 Å². The highest BCUT2D eigenvalue weighted by Crippen LogP contribution is 2.18. The average molecular weight is 250 g/mol. The first-order valence-electron chi connectivity index (χ1n) is 7.19. The lowest BCUT2D eigenvalue weighted by molar-refractivity contribution is 0.211. The van der Waals surface area contributed by atoms with Gasteiger partial charge in [0.05, 0.1) is 6.33 Å². The van der Waals surface area contributed by atoms with E-state index in [0.717, 1.165) is 19.0 Å². The lowest BCUT2D eigenvalue weighted by Crippen LogP contribution is -2.31. The molecule has 1 saturated heterocycles. The van der Waals surface area contributed by atoms with Gasteiger partial charge in [0, 0.05) is 18.9 Å². The molecule has 18 heavy (non-hydrogen) atoms. The standard InChI is InChI=1S/C14H26N4/c1-17-10-4-14(5-11-17)3-7-15-6-2-9-18-12-8-16-13-18/h8,12-15H,2-7,9-11H2,1H3. The fourth-order valence-electron chi connectivity index (χ4n) is 2.59. The first kappa shape index (κ1) is 13.6. The maximum atomic E-state index is 4.04. The Bertz CT molecular complexity index is 302. The normalized spacial score (nSPS) is 18.3. The quantitative estimate of drug-likeness (QED) is 0.746. The van der Waals surface area contributed by atoms with Gasteiger partial charge < -0.3 is 14.8 Å². The summed E-state index contributed by atoms with van der Waals surface area (Å²) in [6.45, 7) is 5.93. The van der Waals surface area contributed by atoms with Crippen LogP contribution in [0.25, 0.3) is 0 Å². The Morgan fingerprint density at radius 2 is 2.11 bits per heavy atom. The van der Waals surface area contributed by atoms with Gasteiger partial charge in [0.15, 0.2) is 0 Å². The number of imidazole rings is 1. The highest BCUT2D eigenvalue weighted by atomic mass is 15.1. The van der Waals surface area contributed by atoms with E-state index in [2.05, 4.69) is 26.8 Å². The van der Waals surface area contributed by atoms with Crippen LogP contribution in [0.15, 0.2) is 18.7 Å². The first-order chi connectivity index (χ1) is 8.84. The van der Waals surface area contributed by atoms with E-state index in [0.29, 0.717) is 0 Å². The minimum absolute atomic E-state index is 0.947. The number of hydrogen-bond acceptors (Lipinski definition) is 3. The van der Waals surface area contributed by atoms with Gasteiger partial charge in [-0.2, -0.15) is 0 Å². The lowest BCUT2D eigenvalue weighted by Gasteiger charge is -2.28. The maximum Gasteiger partial charge on any atom is 0.0945 e. The molecule has 1 N–H and O–H groups in total. The van der Waals surface area contributed by atoms with Gasteiger partial charge in [-0.3, -0.25) is 0 Å². The molecule has 102 valence electrons. The summed E-state index contributed by atoms with van der Waals surface area (Å²) in [5.74, 6) is 0.947. The molecule has 0 aliphatic carbocycles. The van der Waals surface area contributed by atoms with Gasteiger partial charge in [-0.05, 0) is 64.8 Å². The zero-order valence-corrected chi connectivity index (χ0v) is 11.5. The zero-order chi connectivity index (χ0) is 12.6. The second-order valence-corrected chi connectivity index (χ2v) is 5.44. The van der Waals surface area contributed by atoms with Crippen molar-refractivity contribution in [1.29, 1.82) is 0 Å². The van der Waals surface area contributed by atoms with Crippen LogP contribution in [-0.4, -0.2) is 47.7 Å². The van der Waals surface area contributed by atoms with Crippen LogP contribution in [0.3, 0.4) is 0 Å². The third kappa shape index (κ3) is 4.78. The first-order valence-corrected chi connectivity index (χ1v) is 7.19. The summed E-state index contributed by atoms with van der Waals surface area (Å²) in [6.07, 6.45) is 11.0. The Labute approximate surface area is 110 Å². The number of piperidine rings is 1. The summed E-state index contributed by atoms with van der Waals surface area (Å²) in [5, 5.41) is 3.56. The molecule has 0 unspecified atom stereocenters. The van der Waals surface area contributed by atoms with Crippen molar-refractivity contribution in [2.75, 3.05) is 33.2 Å². The van der Waals surface area contributed by atoms with Crippen molar-refractivity contribution in [3.05, 3.63) is 18.7 Å². The third-order valence-corrected chi connectivity index (χ3v) is 3.90. The Morgan fingerprint density at radius 1 is 1.28 bits per heavy atom. The molecule has 0 spiro atoms. The van der Waals surface area contributed by atoms with Crippen molar-refractivity contribution in [2.24, 2.45) is 5.92 Å². The van der Waals surface area contributed by atoms with Crippen LogP contribution in [-0.2, 0) is 6.54 Å². The Kier molecular flexibility index (Phi) is 5.68.